The standard InChI is InChI=1S/C22H20F2N4O3/c1-12-7-17-18(31-22(23,24)30-17)8-15(12)16-9-26-19(10-25-16)27-21(29)20-14-6-4-3-5-13(14)11-28(20)2/h7-11H,3-6H2,1-2H3,(H,26,27,29). The Bertz CT molecular complexity index is 1190. The zero-order valence-corrected chi connectivity index (χ0v) is 17.0. The molecular formula is C22H20F2N4O3. The van der Waals surface area contributed by atoms with Crippen molar-refractivity contribution in [2.24, 2.45) is 7.05 Å². The quantitative estimate of drug-likeness (QED) is 0.678. The third kappa shape index (κ3) is 3.49. The monoisotopic (exact) mass is 426 g/mol. The molecule has 0 bridgehead atoms. The first-order chi connectivity index (χ1) is 14.8. The van der Waals surface area contributed by atoms with E-state index in [1.807, 2.05) is 17.8 Å². The molecule has 9 heteroatoms. The average molecular weight is 426 g/mol. The summed E-state index contributed by atoms with van der Waals surface area (Å²) in [4.78, 5) is 21.5. The predicted octanol–water partition coefficient (Wildman–Crippen LogP) is 4.24. The fourth-order valence-corrected chi connectivity index (χ4v) is 4.23. The highest BCUT2D eigenvalue weighted by Gasteiger charge is 2.43. The molecule has 1 amide bonds. The van der Waals surface area contributed by atoms with Gasteiger partial charge in [-0.15, -0.1) is 8.78 Å². The number of halogens is 2. The van der Waals surface area contributed by atoms with Gasteiger partial charge in [0.1, 0.15) is 5.69 Å². The Kier molecular flexibility index (Phi) is 4.42. The van der Waals surface area contributed by atoms with Crippen LogP contribution in [0.15, 0.2) is 30.7 Å². The largest absolute Gasteiger partial charge is 0.586 e. The van der Waals surface area contributed by atoms with Crippen LogP contribution >= 0.6 is 0 Å². The number of rotatable bonds is 3. The Morgan fingerprint density at radius 3 is 2.61 bits per heavy atom. The van der Waals surface area contributed by atoms with Crippen molar-refractivity contribution in [1.82, 2.24) is 14.5 Å². The van der Waals surface area contributed by atoms with E-state index in [2.05, 4.69) is 24.8 Å². The number of aryl methyl sites for hydroxylation is 3. The SMILES string of the molecule is Cc1cc2c(cc1-c1cnc(NC(=O)c3c4c(cn3C)CCCC4)cn1)OC(F)(F)O2. The normalized spacial score (nSPS) is 16.1. The number of fused-ring (bicyclic) bond motifs is 2. The van der Waals surface area contributed by atoms with Crippen LogP contribution in [0.1, 0.15) is 40.0 Å². The maximum atomic E-state index is 13.3. The topological polar surface area (TPSA) is 78.3 Å². The number of carbonyl (C=O) groups is 1. The number of benzene rings is 1. The van der Waals surface area contributed by atoms with Gasteiger partial charge in [0.15, 0.2) is 17.3 Å². The van der Waals surface area contributed by atoms with Gasteiger partial charge in [0.25, 0.3) is 5.91 Å². The molecule has 7 nitrogen and oxygen atoms in total. The smallest absolute Gasteiger partial charge is 0.395 e. The summed E-state index contributed by atoms with van der Waals surface area (Å²) in [6, 6.07) is 2.92. The molecule has 0 fully saturated rings. The van der Waals surface area contributed by atoms with Gasteiger partial charge in [-0.3, -0.25) is 9.78 Å². The number of hydrogen-bond acceptors (Lipinski definition) is 5. The predicted molar refractivity (Wildman–Crippen MR) is 108 cm³/mol. The first kappa shape index (κ1) is 19.5. The summed E-state index contributed by atoms with van der Waals surface area (Å²) >= 11 is 0. The highest BCUT2D eigenvalue weighted by molar-refractivity contribution is 6.04. The highest BCUT2D eigenvalue weighted by Crippen LogP contribution is 2.44. The van der Waals surface area contributed by atoms with E-state index in [-0.39, 0.29) is 17.4 Å². The molecule has 5 rings (SSSR count). The number of aromatic nitrogens is 3. The van der Waals surface area contributed by atoms with E-state index < -0.39 is 6.29 Å². The average Bonchev–Trinajstić information content (AvgIpc) is 3.21. The molecule has 0 saturated heterocycles. The van der Waals surface area contributed by atoms with Crippen molar-refractivity contribution >= 4 is 11.7 Å². The van der Waals surface area contributed by atoms with Gasteiger partial charge in [-0.2, -0.15) is 0 Å². The fraction of sp³-hybridized carbons (Fsp3) is 0.318. The zero-order chi connectivity index (χ0) is 21.8. The van der Waals surface area contributed by atoms with Crippen LogP contribution in [0.25, 0.3) is 11.3 Å². The number of hydrogen-bond donors (Lipinski definition) is 1. The molecule has 2 aromatic heterocycles. The minimum Gasteiger partial charge on any atom is -0.395 e. The van der Waals surface area contributed by atoms with Crippen molar-refractivity contribution in [2.45, 2.75) is 38.9 Å². The first-order valence-electron chi connectivity index (χ1n) is 10.0. The number of alkyl halides is 2. The molecule has 2 aliphatic rings. The molecule has 1 aliphatic heterocycles. The van der Waals surface area contributed by atoms with Crippen LogP contribution in [-0.2, 0) is 19.9 Å². The van der Waals surface area contributed by atoms with Crippen molar-refractivity contribution in [3.8, 4) is 22.8 Å². The molecule has 0 radical (unpaired) electrons. The fourth-order valence-electron chi connectivity index (χ4n) is 4.23. The summed E-state index contributed by atoms with van der Waals surface area (Å²) < 4.78 is 37.5. The lowest BCUT2D eigenvalue weighted by molar-refractivity contribution is -0.286. The minimum atomic E-state index is -3.68. The van der Waals surface area contributed by atoms with Crippen LogP contribution in [0.5, 0.6) is 11.5 Å². The highest BCUT2D eigenvalue weighted by atomic mass is 19.3. The lowest BCUT2D eigenvalue weighted by atomic mass is 9.93. The van der Waals surface area contributed by atoms with Gasteiger partial charge >= 0.3 is 6.29 Å². The second kappa shape index (κ2) is 7.04. The van der Waals surface area contributed by atoms with Crippen LogP contribution in [0.4, 0.5) is 14.6 Å². The molecule has 1 aromatic carbocycles. The third-order valence-corrected chi connectivity index (χ3v) is 5.63. The lowest BCUT2D eigenvalue weighted by Crippen LogP contribution is -2.25. The summed E-state index contributed by atoms with van der Waals surface area (Å²) in [5.74, 6) is 0.00545. The molecule has 0 saturated carbocycles. The van der Waals surface area contributed by atoms with Gasteiger partial charge in [-0.25, -0.2) is 4.98 Å². The van der Waals surface area contributed by atoms with Crippen LogP contribution < -0.4 is 14.8 Å². The van der Waals surface area contributed by atoms with Gasteiger partial charge in [-0.05, 0) is 61.4 Å². The number of nitrogens with zero attached hydrogens (tertiary/aromatic N) is 3. The van der Waals surface area contributed by atoms with E-state index >= 15 is 0 Å². The maximum absolute atomic E-state index is 13.3. The molecule has 3 heterocycles. The van der Waals surface area contributed by atoms with Crippen molar-refractivity contribution in [1.29, 1.82) is 0 Å². The second-order valence-electron chi connectivity index (χ2n) is 7.82. The van der Waals surface area contributed by atoms with E-state index in [4.69, 9.17) is 0 Å². The van der Waals surface area contributed by atoms with Gasteiger partial charge in [0.05, 0.1) is 18.1 Å². The van der Waals surface area contributed by atoms with E-state index in [0.29, 0.717) is 28.3 Å². The molecule has 1 N–H and O–H groups in total. The van der Waals surface area contributed by atoms with E-state index in [1.54, 1.807) is 6.92 Å². The van der Waals surface area contributed by atoms with Crippen molar-refractivity contribution in [3.05, 3.63) is 53.1 Å². The summed E-state index contributed by atoms with van der Waals surface area (Å²) in [5.41, 5.74) is 4.71. The second-order valence-corrected chi connectivity index (χ2v) is 7.82. The summed E-state index contributed by atoms with van der Waals surface area (Å²) in [6.07, 6.45) is 5.37. The number of nitrogens with one attached hydrogen (secondary N) is 1. The van der Waals surface area contributed by atoms with Gasteiger partial charge in [0.2, 0.25) is 0 Å². The summed E-state index contributed by atoms with van der Waals surface area (Å²) in [7, 11) is 1.87. The third-order valence-electron chi connectivity index (χ3n) is 5.63. The summed E-state index contributed by atoms with van der Waals surface area (Å²) in [5, 5.41) is 2.80. The lowest BCUT2D eigenvalue weighted by Gasteiger charge is -2.13. The molecule has 0 unspecified atom stereocenters. The zero-order valence-electron chi connectivity index (χ0n) is 17.0. The van der Waals surface area contributed by atoms with E-state index in [0.717, 1.165) is 31.2 Å². The molecule has 160 valence electrons. The number of amides is 1. The Hall–Kier alpha value is -3.49. The van der Waals surface area contributed by atoms with Crippen LogP contribution in [0, 0.1) is 6.92 Å². The Balaban J connectivity index is 1.37. The molecule has 0 spiro atoms. The van der Waals surface area contributed by atoms with E-state index in [1.165, 1.54) is 30.1 Å². The molecule has 1 aliphatic carbocycles. The minimum absolute atomic E-state index is 0.0195. The van der Waals surface area contributed by atoms with Crippen LogP contribution in [0.3, 0.4) is 0 Å². The molecule has 0 atom stereocenters. The number of carbonyl (C=O) groups excluding carboxylic acids is 1. The van der Waals surface area contributed by atoms with Crippen LogP contribution in [0.2, 0.25) is 0 Å². The molecule has 31 heavy (non-hydrogen) atoms. The molecular weight excluding hydrogens is 406 g/mol. The first-order valence-corrected chi connectivity index (χ1v) is 10.0. The van der Waals surface area contributed by atoms with Crippen molar-refractivity contribution in [3.63, 3.8) is 0 Å². The van der Waals surface area contributed by atoms with Gasteiger partial charge in [0, 0.05) is 18.8 Å². The Labute approximate surface area is 177 Å². The van der Waals surface area contributed by atoms with Crippen molar-refractivity contribution in [2.75, 3.05) is 5.32 Å². The Morgan fingerprint density at radius 2 is 1.87 bits per heavy atom. The maximum Gasteiger partial charge on any atom is 0.586 e. The Morgan fingerprint density at radius 1 is 1.13 bits per heavy atom. The molecule has 3 aromatic rings. The van der Waals surface area contributed by atoms with Crippen LogP contribution in [-0.4, -0.2) is 26.7 Å². The van der Waals surface area contributed by atoms with Crippen molar-refractivity contribution < 1.29 is 23.0 Å². The number of ether oxygens (including phenoxy) is 2. The van der Waals surface area contributed by atoms with Gasteiger partial charge in [-0.1, -0.05) is 0 Å². The number of anilines is 1. The van der Waals surface area contributed by atoms with Gasteiger partial charge < -0.3 is 19.4 Å². The van der Waals surface area contributed by atoms with E-state index in [9.17, 15) is 13.6 Å². The summed E-state index contributed by atoms with van der Waals surface area (Å²) in [6.45, 7) is 1.76.